The number of piperidine rings is 1. The molecule has 26 heavy (non-hydrogen) atoms. The summed E-state index contributed by atoms with van der Waals surface area (Å²) in [6.07, 6.45) is 5.94. The minimum atomic E-state index is -0.534. The highest BCUT2D eigenvalue weighted by Gasteiger charge is 2.31. The molecule has 7 nitrogen and oxygen atoms in total. The summed E-state index contributed by atoms with van der Waals surface area (Å²) in [6.45, 7) is 7.43. The van der Waals surface area contributed by atoms with Gasteiger partial charge in [-0.05, 0) is 49.9 Å². The van der Waals surface area contributed by atoms with Gasteiger partial charge in [-0.15, -0.1) is 4.89 Å². The molecular weight excluding hydrogens is 338 g/mol. The number of likely N-dealkylation sites (tertiary alicyclic amines) is 1. The van der Waals surface area contributed by atoms with Gasteiger partial charge in [0.1, 0.15) is 6.61 Å². The van der Waals surface area contributed by atoms with Gasteiger partial charge in [-0.25, -0.2) is 9.59 Å². The maximum atomic E-state index is 11.8. The fourth-order valence-electron chi connectivity index (χ4n) is 3.82. The van der Waals surface area contributed by atoms with Gasteiger partial charge in [-0.1, -0.05) is 27.2 Å². The highest BCUT2D eigenvalue weighted by Crippen LogP contribution is 2.35. The lowest BCUT2D eigenvalue weighted by Gasteiger charge is -2.36. The van der Waals surface area contributed by atoms with Crippen molar-refractivity contribution in [3.8, 4) is 0 Å². The van der Waals surface area contributed by atoms with Crippen LogP contribution in [0, 0.1) is 17.8 Å². The molecular formula is C19H33NO6. The summed E-state index contributed by atoms with van der Waals surface area (Å²) in [7, 11) is 0. The Hall–Kier alpha value is -1.34. The number of nitrogens with zero attached hydrogens (tertiary/aromatic N) is 1. The van der Waals surface area contributed by atoms with Gasteiger partial charge in [0.05, 0.1) is 6.10 Å². The van der Waals surface area contributed by atoms with Gasteiger partial charge < -0.3 is 14.4 Å². The molecule has 1 saturated carbocycles. The Labute approximate surface area is 156 Å². The molecule has 1 aliphatic carbocycles. The van der Waals surface area contributed by atoms with Crippen LogP contribution >= 0.6 is 0 Å². The molecule has 1 aliphatic heterocycles. The van der Waals surface area contributed by atoms with E-state index in [1.165, 1.54) is 6.42 Å². The monoisotopic (exact) mass is 371 g/mol. The van der Waals surface area contributed by atoms with Crippen LogP contribution in [0.4, 0.5) is 4.79 Å². The first kappa shape index (κ1) is 21.0. The quantitative estimate of drug-likeness (QED) is 0.224. The Morgan fingerprint density at radius 2 is 1.85 bits per heavy atom. The Morgan fingerprint density at radius 3 is 2.54 bits per heavy atom. The first-order chi connectivity index (χ1) is 12.5. The SMILES string of the molecule is CC(C)[C@@H]1CC[C@@H](C)C[C@H]1OCC(=O)OCOOC(=O)N1CCCCC1. The zero-order valence-corrected chi connectivity index (χ0v) is 16.3. The molecule has 0 aromatic carbocycles. The fourth-order valence-corrected chi connectivity index (χ4v) is 3.82. The molecule has 7 heteroatoms. The van der Waals surface area contributed by atoms with E-state index in [0.29, 0.717) is 30.8 Å². The Bertz CT molecular complexity index is 449. The van der Waals surface area contributed by atoms with Crippen molar-refractivity contribution in [1.29, 1.82) is 0 Å². The highest BCUT2D eigenvalue weighted by atomic mass is 17.2. The third-order valence-corrected chi connectivity index (χ3v) is 5.39. The molecule has 0 unspecified atom stereocenters. The average molecular weight is 371 g/mol. The van der Waals surface area contributed by atoms with Crippen LogP contribution in [0.25, 0.3) is 0 Å². The van der Waals surface area contributed by atoms with Gasteiger partial charge in [0.15, 0.2) is 0 Å². The molecule has 1 amide bonds. The molecule has 150 valence electrons. The van der Waals surface area contributed by atoms with Crippen molar-refractivity contribution in [2.75, 3.05) is 26.5 Å². The molecule has 1 saturated heterocycles. The van der Waals surface area contributed by atoms with Crippen molar-refractivity contribution >= 4 is 12.1 Å². The lowest BCUT2D eigenvalue weighted by atomic mass is 9.75. The Balaban J connectivity index is 1.60. The predicted molar refractivity (Wildman–Crippen MR) is 95.0 cm³/mol. The van der Waals surface area contributed by atoms with Crippen LogP contribution in [-0.4, -0.2) is 49.6 Å². The van der Waals surface area contributed by atoms with E-state index in [4.69, 9.17) is 14.4 Å². The second-order valence-electron chi connectivity index (χ2n) is 7.82. The van der Waals surface area contributed by atoms with Crippen LogP contribution in [0.15, 0.2) is 0 Å². The maximum absolute atomic E-state index is 11.8. The Kier molecular flexibility index (Phi) is 8.65. The fraction of sp³-hybridized carbons (Fsp3) is 0.895. The highest BCUT2D eigenvalue weighted by molar-refractivity contribution is 5.70. The summed E-state index contributed by atoms with van der Waals surface area (Å²) in [5, 5.41) is 0. The third kappa shape index (κ3) is 6.76. The third-order valence-electron chi connectivity index (χ3n) is 5.39. The van der Waals surface area contributed by atoms with Gasteiger partial charge in [-0.2, -0.15) is 0 Å². The van der Waals surface area contributed by atoms with Crippen LogP contribution in [0.3, 0.4) is 0 Å². The van der Waals surface area contributed by atoms with E-state index in [2.05, 4.69) is 25.7 Å². The van der Waals surface area contributed by atoms with Crippen LogP contribution in [0.1, 0.15) is 59.3 Å². The summed E-state index contributed by atoms with van der Waals surface area (Å²) in [4.78, 5) is 34.5. The molecule has 3 atom stereocenters. The molecule has 2 fully saturated rings. The molecule has 2 rings (SSSR count). The van der Waals surface area contributed by atoms with Gasteiger partial charge >= 0.3 is 12.1 Å². The normalized spacial score (nSPS) is 26.6. The maximum Gasteiger partial charge on any atom is 0.441 e. The number of amides is 1. The predicted octanol–water partition coefficient (Wildman–Crippen LogP) is 3.52. The first-order valence-corrected chi connectivity index (χ1v) is 9.83. The Morgan fingerprint density at radius 1 is 1.12 bits per heavy atom. The van der Waals surface area contributed by atoms with E-state index in [1.54, 1.807) is 4.90 Å². The van der Waals surface area contributed by atoms with Gasteiger partial charge in [0, 0.05) is 13.1 Å². The second kappa shape index (κ2) is 10.7. The molecule has 2 aliphatic rings. The smallest absolute Gasteiger partial charge is 0.433 e. The van der Waals surface area contributed by atoms with Crippen molar-refractivity contribution in [2.24, 2.45) is 17.8 Å². The molecule has 0 N–H and O–H groups in total. The first-order valence-electron chi connectivity index (χ1n) is 9.83. The van der Waals surface area contributed by atoms with Crippen molar-refractivity contribution in [3.63, 3.8) is 0 Å². The number of esters is 1. The van der Waals surface area contributed by atoms with E-state index in [9.17, 15) is 9.59 Å². The molecule has 0 spiro atoms. The molecule has 0 aromatic heterocycles. The lowest BCUT2D eigenvalue weighted by molar-refractivity contribution is -0.290. The van der Waals surface area contributed by atoms with Crippen LogP contribution < -0.4 is 0 Å². The molecule has 0 aromatic rings. The standard InChI is InChI=1S/C19H33NO6/c1-14(2)16-8-7-15(3)11-17(16)23-12-18(21)24-13-25-26-19(22)20-9-5-4-6-10-20/h14-17H,4-13H2,1-3H3/t15-,16+,17-/m1/s1. The molecule has 0 radical (unpaired) electrons. The number of carbonyl (C=O) groups excluding carboxylic acids is 2. The van der Waals surface area contributed by atoms with Gasteiger partial charge in [0.25, 0.3) is 0 Å². The minimum Gasteiger partial charge on any atom is -0.433 e. The van der Waals surface area contributed by atoms with Crippen LogP contribution in [-0.2, 0) is 24.0 Å². The number of carbonyl (C=O) groups is 2. The number of hydrogen-bond donors (Lipinski definition) is 0. The van der Waals surface area contributed by atoms with Crippen LogP contribution in [0.2, 0.25) is 0 Å². The van der Waals surface area contributed by atoms with E-state index in [0.717, 1.165) is 32.1 Å². The van der Waals surface area contributed by atoms with E-state index in [-0.39, 0.29) is 12.7 Å². The lowest BCUT2D eigenvalue weighted by Crippen LogP contribution is -2.36. The van der Waals surface area contributed by atoms with E-state index < -0.39 is 18.9 Å². The van der Waals surface area contributed by atoms with Gasteiger partial charge in [-0.3, -0.25) is 4.89 Å². The number of ether oxygens (including phenoxy) is 2. The summed E-state index contributed by atoms with van der Waals surface area (Å²) in [5.41, 5.74) is 0. The number of hydrogen-bond acceptors (Lipinski definition) is 6. The summed E-state index contributed by atoms with van der Waals surface area (Å²) >= 11 is 0. The van der Waals surface area contributed by atoms with Crippen molar-refractivity contribution in [2.45, 2.75) is 65.4 Å². The van der Waals surface area contributed by atoms with Crippen molar-refractivity contribution in [1.82, 2.24) is 4.90 Å². The summed E-state index contributed by atoms with van der Waals surface area (Å²) < 4.78 is 10.7. The largest absolute Gasteiger partial charge is 0.441 e. The zero-order valence-electron chi connectivity index (χ0n) is 16.3. The summed E-state index contributed by atoms with van der Waals surface area (Å²) in [6, 6.07) is 0. The van der Waals surface area contributed by atoms with Gasteiger partial charge in [0.2, 0.25) is 6.79 Å². The van der Waals surface area contributed by atoms with Crippen molar-refractivity contribution in [3.05, 3.63) is 0 Å². The molecule has 0 bridgehead atoms. The van der Waals surface area contributed by atoms with E-state index >= 15 is 0 Å². The van der Waals surface area contributed by atoms with E-state index in [1.807, 2.05) is 0 Å². The molecule has 1 heterocycles. The number of rotatable bonds is 7. The minimum absolute atomic E-state index is 0.0872. The van der Waals surface area contributed by atoms with Crippen molar-refractivity contribution < 1.29 is 28.8 Å². The average Bonchev–Trinajstić information content (AvgIpc) is 2.64. The summed E-state index contributed by atoms with van der Waals surface area (Å²) in [5.74, 6) is 1.10. The van der Waals surface area contributed by atoms with Crippen LogP contribution in [0.5, 0.6) is 0 Å². The zero-order chi connectivity index (χ0) is 18.9. The second-order valence-corrected chi connectivity index (χ2v) is 7.82. The topological polar surface area (TPSA) is 74.3 Å².